The van der Waals surface area contributed by atoms with Gasteiger partial charge in [-0.3, -0.25) is 9.59 Å². The number of hydrogen-bond acceptors (Lipinski definition) is 3. The lowest BCUT2D eigenvalue weighted by Gasteiger charge is -2.21. The molecule has 2 fully saturated rings. The molecule has 158 valence electrons. The molecule has 3 aromatic rings. The zero-order valence-corrected chi connectivity index (χ0v) is 17.6. The monoisotopic (exact) mass is 414 g/mol. The van der Waals surface area contributed by atoms with Crippen LogP contribution in [0.2, 0.25) is 0 Å². The molecule has 31 heavy (non-hydrogen) atoms. The van der Waals surface area contributed by atoms with Gasteiger partial charge in [-0.1, -0.05) is 48.5 Å². The molecule has 1 aliphatic heterocycles. The largest absolute Gasteiger partial charge is 0.341 e. The van der Waals surface area contributed by atoms with Crippen LogP contribution >= 0.6 is 0 Å². The van der Waals surface area contributed by atoms with E-state index in [1.165, 1.54) is 0 Å². The molecular weight excluding hydrogens is 388 g/mol. The van der Waals surface area contributed by atoms with Crippen molar-refractivity contribution in [3.05, 3.63) is 72.4 Å². The molecule has 0 bridgehead atoms. The van der Waals surface area contributed by atoms with Gasteiger partial charge in [-0.25, -0.2) is 4.68 Å². The fourth-order valence-corrected chi connectivity index (χ4v) is 4.36. The smallest absolute Gasteiger partial charge is 0.228 e. The van der Waals surface area contributed by atoms with Crippen molar-refractivity contribution in [1.82, 2.24) is 19.6 Å². The van der Waals surface area contributed by atoms with Crippen LogP contribution in [0.4, 0.5) is 0 Å². The molecule has 2 aliphatic rings. The molecule has 0 spiro atoms. The van der Waals surface area contributed by atoms with Crippen molar-refractivity contribution >= 4 is 11.8 Å². The highest BCUT2D eigenvalue weighted by molar-refractivity contribution is 5.89. The lowest BCUT2D eigenvalue weighted by atomic mass is 10.1. The Bertz CT molecular complexity index is 1090. The van der Waals surface area contributed by atoms with E-state index in [0.29, 0.717) is 25.6 Å². The topological polar surface area (TPSA) is 58.4 Å². The average Bonchev–Trinajstić information content (AvgIpc) is 3.44. The van der Waals surface area contributed by atoms with Crippen LogP contribution in [-0.4, -0.2) is 51.0 Å². The normalized spacial score (nSPS) is 18.4. The Labute approximate surface area is 182 Å². The van der Waals surface area contributed by atoms with Crippen molar-refractivity contribution in [2.24, 2.45) is 5.92 Å². The van der Waals surface area contributed by atoms with Gasteiger partial charge in [0.1, 0.15) is 0 Å². The van der Waals surface area contributed by atoms with Gasteiger partial charge in [0, 0.05) is 49.9 Å². The van der Waals surface area contributed by atoms with E-state index in [9.17, 15) is 9.59 Å². The molecular formula is C25H26N4O2. The van der Waals surface area contributed by atoms with Crippen LogP contribution in [-0.2, 0) is 16.1 Å². The van der Waals surface area contributed by atoms with Gasteiger partial charge in [0.25, 0.3) is 0 Å². The minimum absolute atomic E-state index is 0.0305. The first-order valence-corrected chi connectivity index (χ1v) is 10.8. The predicted octanol–water partition coefficient (Wildman–Crippen LogP) is 3.51. The van der Waals surface area contributed by atoms with Gasteiger partial charge >= 0.3 is 0 Å². The summed E-state index contributed by atoms with van der Waals surface area (Å²) in [6.07, 6.45) is 4.47. The minimum Gasteiger partial charge on any atom is -0.341 e. The van der Waals surface area contributed by atoms with E-state index >= 15 is 0 Å². The molecule has 6 heteroatoms. The summed E-state index contributed by atoms with van der Waals surface area (Å²) in [5.41, 5.74) is 3.84. The van der Waals surface area contributed by atoms with E-state index in [0.717, 1.165) is 35.3 Å². The number of amides is 2. The van der Waals surface area contributed by atoms with Crippen molar-refractivity contribution < 1.29 is 9.59 Å². The third-order valence-electron chi connectivity index (χ3n) is 6.14. The van der Waals surface area contributed by atoms with E-state index in [2.05, 4.69) is 0 Å². The van der Waals surface area contributed by atoms with Crippen molar-refractivity contribution in [2.75, 3.05) is 13.6 Å². The third-order valence-corrected chi connectivity index (χ3v) is 6.14. The van der Waals surface area contributed by atoms with Gasteiger partial charge in [-0.2, -0.15) is 5.10 Å². The molecule has 1 unspecified atom stereocenters. The number of para-hydroxylation sites is 1. The Morgan fingerprint density at radius 2 is 1.74 bits per heavy atom. The number of carbonyl (C=O) groups excluding carboxylic acids is 2. The molecule has 1 saturated carbocycles. The Morgan fingerprint density at radius 1 is 1.06 bits per heavy atom. The Hall–Kier alpha value is -3.41. The second kappa shape index (κ2) is 8.02. The molecule has 0 radical (unpaired) electrons. The maximum absolute atomic E-state index is 13.1. The van der Waals surface area contributed by atoms with Crippen LogP contribution in [0.25, 0.3) is 16.9 Å². The van der Waals surface area contributed by atoms with Crippen LogP contribution in [0.5, 0.6) is 0 Å². The highest BCUT2D eigenvalue weighted by atomic mass is 16.2. The van der Waals surface area contributed by atoms with E-state index in [4.69, 9.17) is 5.10 Å². The fourth-order valence-electron chi connectivity index (χ4n) is 4.36. The quantitative estimate of drug-likeness (QED) is 0.620. The molecule has 1 atom stereocenters. The Kier molecular flexibility index (Phi) is 5.06. The first kappa shape index (κ1) is 19.5. The molecule has 5 rings (SSSR count). The summed E-state index contributed by atoms with van der Waals surface area (Å²) in [7, 11) is 1.82. The Balaban J connectivity index is 1.39. The number of likely N-dealkylation sites (tertiary alicyclic amines) is 1. The fraction of sp³-hybridized carbons (Fsp3) is 0.320. The second-order valence-electron chi connectivity index (χ2n) is 8.52. The number of benzene rings is 2. The van der Waals surface area contributed by atoms with E-state index in [-0.39, 0.29) is 17.7 Å². The van der Waals surface area contributed by atoms with Crippen molar-refractivity contribution in [3.63, 3.8) is 0 Å². The van der Waals surface area contributed by atoms with Gasteiger partial charge in [-0.15, -0.1) is 0 Å². The highest BCUT2D eigenvalue weighted by Crippen LogP contribution is 2.33. The summed E-state index contributed by atoms with van der Waals surface area (Å²) >= 11 is 0. The summed E-state index contributed by atoms with van der Waals surface area (Å²) in [5.74, 6) is -0.0958. The molecule has 2 aromatic carbocycles. The second-order valence-corrected chi connectivity index (χ2v) is 8.52. The number of carbonyl (C=O) groups is 2. The van der Waals surface area contributed by atoms with Crippen LogP contribution in [0.3, 0.4) is 0 Å². The summed E-state index contributed by atoms with van der Waals surface area (Å²) in [6.45, 7) is 1.01. The van der Waals surface area contributed by atoms with Crippen LogP contribution < -0.4 is 0 Å². The van der Waals surface area contributed by atoms with Gasteiger partial charge in [0.15, 0.2) is 0 Å². The first-order valence-electron chi connectivity index (χ1n) is 10.8. The summed E-state index contributed by atoms with van der Waals surface area (Å²) in [6, 6.07) is 20.4. The van der Waals surface area contributed by atoms with E-state index < -0.39 is 0 Å². The Morgan fingerprint density at radius 3 is 2.42 bits per heavy atom. The van der Waals surface area contributed by atoms with Gasteiger partial charge in [-0.05, 0) is 25.0 Å². The van der Waals surface area contributed by atoms with Gasteiger partial charge in [0.2, 0.25) is 11.8 Å². The standard InChI is InChI=1S/C25H26N4O2/c1-27(25(31)19-14-23(30)28(16-19)21-12-13-21)15-20-17-29(22-10-6-3-7-11-22)26-24(20)18-8-4-2-5-9-18/h2-11,17,19,21H,12-16H2,1H3. The van der Waals surface area contributed by atoms with Crippen LogP contribution in [0.15, 0.2) is 66.9 Å². The lowest BCUT2D eigenvalue weighted by Crippen LogP contribution is -2.34. The van der Waals surface area contributed by atoms with Crippen molar-refractivity contribution in [1.29, 1.82) is 0 Å². The molecule has 2 heterocycles. The molecule has 6 nitrogen and oxygen atoms in total. The van der Waals surface area contributed by atoms with Crippen molar-refractivity contribution in [3.8, 4) is 16.9 Å². The molecule has 1 aliphatic carbocycles. The summed E-state index contributed by atoms with van der Waals surface area (Å²) in [4.78, 5) is 29.1. The van der Waals surface area contributed by atoms with Crippen molar-refractivity contribution in [2.45, 2.75) is 31.8 Å². The summed E-state index contributed by atoms with van der Waals surface area (Å²) < 4.78 is 1.86. The molecule has 2 amide bonds. The number of aromatic nitrogens is 2. The van der Waals surface area contributed by atoms with Crippen LogP contribution in [0, 0.1) is 5.92 Å². The predicted molar refractivity (Wildman–Crippen MR) is 118 cm³/mol. The molecule has 0 N–H and O–H groups in total. The lowest BCUT2D eigenvalue weighted by molar-refractivity contribution is -0.135. The number of rotatable bonds is 6. The molecule has 1 aromatic heterocycles. The van der Waals surface area contributed by atoms with Crippen LogP contribution in [0.1, 0.15) is 24.8 Å². The average molecular weight is 415 g/mol. The SMILES string of the molecule is CN(Cc1cn(-c2ccccc2)nc1-c1ccccc1)C(=O)C1CC(=O)N(C2CC2)C1. The number of hydrogen-bond donors (Lipinski definition) is 0. The maximum Gasteiger partial charge on any atom is 0.228 e. The highest BCUT2D eigenvalue weighted by Gasteiger charge is 2.42. The van der Waals surface area contributed by atoms with Gasteiger partial charge < -0.3 is 9.80 Å². The molecule has 1 saturated heterocycles. The zero-order valence-electron chi connectivity index (χ0n) is 17.6. The van der Waals surface area contributed by atoms with Gasteiger partial charge in [0.05, 0.1) is 17.3 Å². The third kappa shape index (κ3) is 3.98. The van der Waals surface area contributed by atoms with E-state index in [1.807, 2.05) is 83.5 Å². The minimum atomic E-state index is -0.248. The maximum atomic E-state index is 13.1. The summed E-state index contributed by atoms with van der Waals surface area (Å²) in [5, 5.41) is 4.83. The van der Waals surface area contributed by atoms with E-state index in [1.54, 1.807) is 4.90 Å². The first-order chi connectivity index (χ1) is 15.1. The zero-order chi connectivity index (χ0) is 21.4. The number of nitrogens with zero attached hydrogens (tertiary/aromatic N) is 4.